The predicted molar refractivity (Wildman–Crippen MR) is 47.8 cm³/mol. The number of halogens is 3. The van der Waals surface area contributed by atoms with E-state index >= 15 is 0 Å². The molecule has 1 aliphatic rings. The largest absolute Gasteiger partial charge is 0.481 e. The monoisotopic (exact) mass is 217 g/mol. The lowest BCUT2D eigenvalue weighted by Crippen LogP contribution is -2.29. The summed E-state index contributed by atoms with van der Waals surface area (Å²) in [4.78, 5) is 3.85. The summed E-state index contributed by atoms with van der Waals surface area (Å²) in [5.74, 6) is 0.225. The Balaban J connectivity index is 2.38. The van der Waals surface area contributed by atoms with Gasteiger partial charge in [0.2, 0.25) is 5.88 Å². The number of nitrogens with zero attached hydrogens (tertiary/aromatic N) is 1. The number of rotatable bonds is 2. The van der Waals surface area contributed by atoms with Crippen molar-refractivity contribution in [1.82, 2.24) is 4.98 Å². The van der Waals surface area contributed by atoms with Crippen molar-refractivity contribution in [1.29, 1.82) is 0 Å². The van der Waals surface area contributed by atoms with Crippen molar-refractivity contribution in [3.05, 3.63) is 23.9 Å². The second-order valence-electron chi connectivity index (χ2n) is 3.65. The van der Waals surface area contributed by atoms with Gasteiger partial charge in [0, 0.05) is 6.07 Å². The van der Waals surface area contributed by atoms with Crippen LogP contribution in [0.5, 0.6) is 5.88 Å². The lowest BCUT2D eigenvalue weighted by Gasteiger charge is -2.18. The van der Waals surface area contributed by atoms with Crippen LogP contribution in [0.4, 0.5) is 13.2 Å². The average Bonchev–Trinajstić information content (AvgIpc) is 2.97. The molecule has 0 amide bonds. The molecule has 1 aromatic heterocycles. The van der Waals surface area contributed by atoms with Gasteiger partial charge < -0.3 is 4.74 Å². The van der Waals surface area contributed by atoms with Crippen molar-refractivity contribution >= 4 is 0 Å². The highest BCUT2D eigenvalue weighted by Crippen LogP contribution is 2.58. The third kappa shape index (κ3) is 1.56. The van der Waals surface area contributed by atoms with Gasteiger partial charge in [-0.15, -0.1) is 0 Å². The fourth-order valence-corrected chi connectivity index (χ4v) is 1.60. The van der Waals surface area contributed by atoms with Gasteiger partial charge in [-0.2, -0.15) is 13.2 Å². The van der Waals surface area contributed by atoms with E-state index in [0.29, 0.717) is 0 Å². The van der Waals surface area contributed by atoms with E-state index in [-0.39, 0.29) is 24.4 Å². The van der Waals surface area contributed by atoms with Crippen molar-refractivity contribution < 1.29 is 17.9 Å². The predicted octanol–water partition coefficient (Wildman–Crippen LogP) is 2.68. The highest BCUT2D eigenvalue weighted by Gasteiger charge is 2.65. The zero-order valence-electron chi connectivity index (χ0n) is 8.14. The summed E-state index contributed by atoms with van der Waals surface area (Å²) in [5.41, 5.74) is -1.66. The molecule has 1 aromatic rings. The zero-order valence-corrected chi connectivity index (χ0v) is 8.14. The quantitative estimate of drug-likeness (QED) is 0.759. The van der Waals surface area contributed by atoms with Crippen molar-refractivity contribution in [2.24, 2.45) is 0 Å². The van der Waals surface area contributed by atoms with Crippen LogP contribution in [0.3, 0.4) is 0 Å². The third-order valence-corrected chi connectivity index (χ3v) is 2.72. The van der Waals surface area contributed by atoms with Gasteiger partial charge in [-0.25, -0.2) is 4.98 Å². The van der Waals surface area contributed by atoms with Crippen LogP contribution in [0.1, 0.15) is 18.5 Å². The normalized spacial score (nSPS) is 18.7. The first-order valence-electron chi connectivity index (χ1n) is 4.58. The third-order valence-electron chi connectivity index (χ3n) is 2.72. The minimum Gasteiger partial charge on any atom is -0.481 e. The Hall–Kier alpha value is -1.26. The number of ether oxygens (including phenoxy) is 1. The van der Waals surface area contributed by atoms with Gasteiger partial charge in [0.1, 0.15) is 5.41 Å². The summed E-state index contributed by atoms with van der Waals surface area (Å²) in [6.07, 6.45) is -3.97. The molecule has 0 bridgehead atoms. The number of hydrogen-bond acceptors (Lipinski definition) is 2. The molecule has 1 fully saturated rings. The summed E-state index contributed by atoms with van der Waals surface area (Å²) in [6.45, 7) is 0. The van der Waals surface area contributed by atoms with E-state index in [0.717, 1.165) is 0 Å². The van der Waals surface area contributed by atoms with Crippen molar-refractivity contribution in [3.8, 4) is 5.88 Å². The van der Waals surface area contributed by atoms with Gasteiger partial charge in [0.25, 0.3) is 0 Å². The van der Waals surface area contributed by atoms with E-state index in [4.69, 9.17) is 4.74 Å². The van der Waals surface area contributed by atoms with Gasteiger partial charge >= 0.3 is 6.18 Å². The molecule has 2 nitrogen and oxygen atoms in total. The van der Waals surface area contributed by atoms with E-state index in [1.807, 2.05) is 0 Å². The molecule has 0 unspecified atom stereocenters. The molecule has 1 aliphatic carbocycles. The van der Waals surface area contributed by atoms with E-state index < -0.39 is 11.6 Å². The van der Waals surface area contributed by atoms with E-state index in [9.17, 15) is 13.2 Å². The van der Waals surface area contributed by atoms with Crippen LogP contribution in [0.2, 0.25) is 0 Å². The molecule has 0 aromatic carbocycles. The maximum atomic E-state index is 12.7. The molecule has 2 rings (SSSR count). The number of alkyl halides is 3. The minimum absolute atomic E-state index is 0.0642. The standard InChI is InChI=1S/C10H10F3NO/c1-15-8-4-2-3-7(14-8)9(5-6-9)10(11,12)13/h2-4H,5-6H2,1H3. The molecule has 82 valence electrons. The second-order valence-corrected chi connectivity index (χ2v) is 3.65. The molecule has 0 N–H and O–H groups in total. The van der Waals surface area contributed by atoms with Crippen LogP contribution >= 0.6 is 0 Å². The number of hydrogen-bond donors (Lipinski definition) is 0. The van der Waals surface area contributed by atoms with Gasteiger partial charge in [-0.3, -0.25) is 0 Å². The Kier molecular flexibility index (Phi) is 2.13. The van der Waals surface area contributed by atoms with Crippen LogP contribution in [0, 0.1) is 0 Å². The maximum absolute atomic E-state index is 12.7. The molecular weight excluding hydrogens is 207 g/mol. The summed E-state index contributed by atoms with van der Waals surface area (Å²) in [7, 11) is 1.39. The Bertz CT molecular complexity index is 371. The molecule has 0 atom stereocenters. The molecule has 0 saturated heterocycles. The summed E-state index contributed by atoms with van der Waals surface area (Å²) in [6, 6.07) is 4.48. The first-order chi connectivity index (χ1) is 6.99. The molecule has 15 heavy (non-hydrogen) atoms. The fraction of sp³-hybridized carbons (Fsp3) is 0.500. The molecule has 1 heterocycles. The Morgan fingerprint density at radius 3 is 2.47 bits per heavy atom. The molecule has 0 spiro atoms. The second kappa shape index (κ2) is 3.12. The Morgan fingerprint density at radius 1 is 1.33 bits per heavy atom. The Labute approximate surface area is 85.1 Å². The zero-order chi connectivity index (χ0) is 11.1. The minimum atomic E-state index is -4.22. The molecule has 5 heteroatoms. The first-order valence-corrected chi connectivity index (χ1v) is 4.58. The number of aromatic nitrogens is 1. The smallest absolute Gasteiger partial charge is 0.399 e. The van der Waals surface area contributed by atoms with Gasteiger partial charge in [0.15, 0.2) is 0 Å². The van der Waals surface area contributed by atoms with Crippen molar-refractivity contribution in [2.75, 3.05) is 7.11 Å². The van der Waals surface area contributed by atoms with E-state index in [1.54, 1.807) is 0 Å². The molecule has 0 radical (unpaired) electrons. The van der Waals surface area contributed by atoms with Crippen LogP contribution < -0.4 is 4.74 Å². The highest BCUT2D eigenvalue weighted by atomic mass is 19.4. The SMILES string of the molecule is COc1cccc(C2(C(F)(F)F)CC2)n1. The highest BCUT2D eigenvalue weighted by molar-refractivity contribution is 5.30. The van der Waals surface area contributed by atoms with Gasteiger partial charge in [-0.1, -0.05) is 6.07 Å². The van der Waals surface area contributed by atoms with E-state index in [2.05, 4.69) is 4.98 Å². The topological polar surface area (TPSA) is 22.1 Å². The van der Waals surface area contributed by atoms with Gasteiger partial charge in [0.05, 0.1) is 12.8 Å². The van der Waals surface area contributed by atoms with Gasteiger partial charge in [-0.05, 0) is 18.9 Å². The summed E-state index contributed by atoms with van der Waals surface area (Å²) >= 11 is 0. The molecule has 1 saturated carbocycles. The number of pyridine rings is 1. The maximum Gasteiger partial charge on any atom is 0.399 e. The lowest BCUT2D eigenvalue weighted by molar-refractivity contribution is -0.161. The number of methoxy groups -OCH3 is 1. The van der Waals surface area contributed by atoms with E-state index in [1.165, 1.54) is 25.3 Å². The summed E-state index contributed by atoms with van der Waals surface area (Å²) < 4.78 is 43.0. The first kappa shape index (κ1) is 10.3. The van der Waals surface area contributed by atoms with Crippen LogP contribution in [-0.4, -0.2) is 18.3 Å². The Morgan fingerprint density at radius 2 is 2.00 bits per heavy atom. The van der Waals surface area contributed by atoms with Crippen LogP contribution in [0.15, 0.2) is 18.2 Å². The van der Waals surface area contributed by atoms with Crippen molar-refractivity contribution in [2.45, 2.75) is 24.4 Å². The lowest BCUT2D eigenvalue weighted by atomic mass is 10.0. The van der Waals surface area contributed by atoms with Crippen LogP contribution in [-0.2, 0) is 5.41 Å². The fourth-order valence-electron chi connectivity index (χ4n) is 1.60. The summed E-state index contributed by atoms with van der Waals surface area (Å²) in [5, 5.41) is 0. The molecular formula is C10H10F3NO. The van der Waals surface area contributed by atoms with Crippen LogP contribution in [0.25, 0.3) is 0 Å². The average molecular weight is 217 g/mol. The van der Waals surface area contributed by atoms with Crippen molar-refractivity contribution in [3.63, 3.8) is 0 Å². The molecule has 0 aliphatic heterocycles.